The molecule has 5 nitrogen and oxygen atoms in total. The quantitative estimate of drug-likeness (QED) is 0.420. The molecule has 5 rings (SSSR count). The van der Waals surface area contributed by atoms with Gasteiger partial charge in [-0.2, -0.15) is 0 Å². The Morgan fingerprint density at radius 2 is 2.03 bits per heavy atom. The third kappa shape index (κ3) is 5.13. The number of nitrogens with one attached hydrogen (secondary N) is 2. The van der Waals surface area contributed by atoms with Crippen LogP contribution < -0.4 is 10.1 Å². The van der Waals surface area contributed by atoms with Gasteiger partial charge in [0.15, 0.2) is 0 Å². The molecular formula is C28H35N3O2S. The Kier molecular flexibility index (Phi) is 7.45. The van der Waals surface area contributed by atoms with Gasteiger partial charge in [-0.05, 0) is 87.0 Å². The third-order valence-corrected chi connectivity index (χ3v) is 8.73. The zero-order valence-electron chi connectivity index (χ0n) is 20.0. The molecule has 34 heavy (non-hydrogen) atoms. The van der Waals surface area contributed by atoms with Crippen molar-refractivity contribution >= 4 is 28.6 Å². The molecule has 180 valence electrons. The van der Waals surface area contributed by atoms with E-state index in [1.54, 1.807) is 7.11 Å². The van der Waals surface area contributed by atoms with Crippen LogP contribution in [-0.2, 0) is 6.42 Å². The number of thioether (sulfide) groups is 1. The van der Waals surface area contributed by atoms with Crippen LogP contribution in [0, 0.1) is 5.92 Å². The van der Waals surface area contributed by atoms with Gasteiger partial charge in [0.05, 0.1) is 12.7 Å². The van der Waals surface area contributed by atoms with Crippen molar-refractivity contribution in [2.75, 3.05) is 32.5 Å². The largest absolute Gasteiger partial charge is 0.497 e. The summed E-state index contributed by atoms with van der Waals surface area (Å²) in [7, 11) is 1.68. The van der Waals surface area contributed by atoms with Gasteiger partial charge in [-0.15, -0.1) is 11.8 Å². The Morgan fingerprint density at radius 1 is 1.15 bits per heavy atom. The number of carbonyl (C=O) groups excluding carboxylic acids is 1. The molecule has 2 saturated heterocycles. The van der Waals surface area contributed by atoms with Gasteiger partial charge in [0.25, 0.3) is 5.91 Å². The molecule has 2 unspecified atom stereocenters. The topological polar surface area (TPSA) is 57.4 Å². The van der Waals surface area contributed by atoms with Crippen LogP contribution in [0.15, 0.2) is 53.6 Å². The lowest BCUT2D eigenvalue weighted by Gasteiger charge is -2.44. The summed E-state index contributed by atoms with van der Waals surface area (Å²) < 4.78 is 5.37. The van der Waals surface area contributed by atoms with E-state index in [-0.39, 0.29) is 5.91 Å². The minimum absolute atomic E-state index is 0.0171. The van der Waals surface area contributed by atoms with Crippen molar-refractivity contribution in [3.8, 4) is 5.75 Å². The number of rotatable bonds is 8. The Hall–Kier alpha value is -2.44. The monoisotopic (exact) mass is 477 g/mol. The van der Waals surface area contributed by atoms with Gasteiger partial charge in [0.2, 0.25) is 0 Å². The predicted molar refractivity (Wildman–Crippen MR) is 140 cm³/mol. The van der Waals surface area contributed by atoms with E-state index in [0.717, 1.165) is 51.2 Å². The minimum atomic E-state index is 0.0171. The van der Waals surface area contributed by atoms with E-state index in [1.165, 1.54) is 50.8 Å². The lowest BCUT2D eigenvalue weighted by Crippen LogP contribution is -2.48. The smallest absolute Gasteiger partial charge is 0.252 e. The second-order valence-electron chi connectivity index (χ2n) is 9.54. The van der Waals surface area contributed by atoms with Gasteiger partial charge in [-0.3, -0.25) is 4.79 Å². The fraction of sp³-hybridized carbons (Fsp3) is 0.464. The van der Waals surface area contributed by atoms with Crippen LogP contribution in [0.2, 0.25) is 0 Å². The number of piperidine rings is 2. The molecule has 0 radical (unpaired) electrons. The predicted octanol–water partition coefficient (Wildman–Crippen LogP) is 5.51. The number of fused-ring (bicyclic) bond motifs is 2. The molecule has 1 amide bonds. The normalized spacial score (nSPS) is 20.7. The number of aromatic amines is 1. The fourth-order valence-corrected chi connectivity index (χ4v) is 6.92. The maximum absolute atomic E-state index is 13.1. The van der Waals surface area contributed by atoms with Crippen LogP contribution in [0.3, 0.4) is 0 Å². The molecule has 2 aromatic carbocycles. The van der Waals surface area contributed by atoms with Crippen LogP contribution in [0.1, 0.15) is 48.0 Å². The van der Waals surface area contributed by atoms with E-state index in [1.807, 2.05) is 54.4 Å². The van der Waals surface area contributed by atoms with Crippen LogP contribution in [0.5, 0.6) is 5.75 Å². The zero-order valence-corrected chi connectivity index (χ0v) is 20.8. The van der Waals surface area contributed by atoms with Crippen LogP contribution >= 0.6 is 11.8 Å². The van der Waals surface area contributed by atoms with Gasteiger partial charge in [0, 0.05) is 40.3 Å². The minimum Gasteiger partial charge on any atom is -0.497 e. The molecule has 2 aliphatic heterocycles. The summed E-state index contributed by atoms with van der Waals surface area (Å²) in [4.78, 5) is 20.2. The Morgan fingerprint density at radius 3 is 2.94 bits per heavy atom. The summed E-state index contributed by atoms with van der Waals surface area (Å²) in [5, 5.41) is 4.30. The number of nitrogens with zero attached hydrogens (tertiary/aromatic N) is 1. The highest BCUT2D eigenvalue weighted by Crippen LogP contribution is 2.35. The van der Waals surface area contributed by atoms with Crippen molar-refractivity contribution in [1.82, 2.24) is 15.2 Å². The Labute approximate surface area is 206 Å². The summed E-state index contributed by atoms with van der Waals surface area (Å²) in [6.45, 7) is 3.14. The number of carbonyl (C=O) groups is 1. The molecule has 3 aromatic rings. The van der Waals surface area contributed by atoms with E-state index >= 15 is 0 Å². The standard InChI is InChI=1S/C28H35N3O2S/c1-33-22-11-12-25-24(17-22)20(18-30-25)13-14-29-28(32)23-8-2-3-10-27(23)34-19-21-7-6-16-31-15-5-4-9-26(21)31/h2-3,8,10-12,17-18,21,26,30H,4-7,9,13-16,19H2,1H3,(H,29,32). The lowest BCUT2D eigenvalue weighted by atomic mass is 9.85. The lowest BCUT2D eigenvalue weighted by molar-refractivity contribution is 0.0693. The number of H-pyrrole nitrogens is 1. The highest BCUT2D eigenvalue weighted by molar-refractivity contribution is 7.99. The zero-order chi connectivity index (χ0) is 23.3. The number of methoxy groups -OCH3 is 1. The van der Waals surface area contributed by atoms with Gasteiger partial charge < -0.3 is 19.9 Å². The first-order valence-corrected chi connectivity index (χ1v) is 13.6. The number of hydrogen-bond acceptors (Lipinski definition) is 4. The SMILES string of the molecule is COc1ccc2[nH]cc(CCNC(=O)c3ccccc3SCC3CCCN4CCCCC34)c2c1. The van der Waals surface area contributed by atoms with E-state index < -0.39 is 0 Å². The second kappa shape index (κ2) is 10.9. The molecule has 1 aromatic heterocycles. The third-order valence-electron chi connectivity index (χ3n) is 7.47. The molecular weight excluding hydrogens is 442 g/mol. The number of ether oxygens (including phenoxy) is 1. The molecule has 0 saturated carbocycles. The van der Waals surface area contributed by atoms with Crippen LogP contribution in [-0.4, -0.2) is 54.3 Å². The van der Waals surface area contributed by atoms with Crippen molar-refractivity contribution < 1.29 is 9.53 Å². The highest BCUT2D eigenvalue weighted by Gasteiger charge is 2.33. The summed E-state index contributed by atoms with van der Waals surface area (Å²) in [5.74, 6) is 2.69. The van der Waals surface area contributed by atoms with Gasteiger partial charge in [-0.1, -0.05) is 18.6 Å². The Balaban J connectivity index is 1.19. The van der Waals surface area contributed by atoms with Crippen molar-refractivity contribution in [2.24, 2.45) is 5.92 Å². The molecule has 2 aliphatic rings. The molecule has 2 atom stereocenters. The summed E-state index contributed by atoms with van der Waals surface area (Å²) >= 11 is 1.87. The number of aromatic nitrogens is 1. The first-order chi connectivity index (χ1) is 16.7. The number of benzene rings is 2. The molecule has 6 heteroatoms. The number of amides is 1. The highest BCUT2D eigenvalue weighted by atomic mass is 32.2. The maximum atomic E-state index is 13.1. The van der Waals surface area contributed by atoms with Crippen molar-refractivity contribution in [3.05, 3.63) is 59.8 Å². The molecule has 2 fully saturated rings. The van der Waals surface area contributed by atoms with E-state index in [9.17, 15) is 4.79 Å². The second-order valence-corrected chi connectivity index (χ2v) is 10.6. The summed E-state index contributed by atoms with van der Waals surface area (Å²) in [6, 6.07) is 14.9. The van der Waals surface area contributed by atoms with Gasteiger partial charge in [-0.25, -0.2) is 0 Å². The van der Waals surface area contributed by atoms with Crippen LogP contribution in [0.25, 0.3) is 10.9 Å². The van der Waals surface area contributed by atoms with Crippen molar-refractivity contribution in [1.29, 1.82) is 0 Å². The molecule has 0 aliphatic carbocycles. The average molecular weight is 478 g/mol. The molecule has 2 N–H and O–H groups in total. The Bertz CT molecular complexity index is 1130. The maximum Gasteiger partial charge on any atom is 0.252 e. The van der Waals surface area contributed by atoms with E-state index in [4.69, 9.17) is 4.74 Å². The van der Waals surface area contributed by atoms with Gasteiger partial charge >= 0.3 is 0 Å². The molecule has 3 heterocycles. The average Bonchev–Trinajstić information content (AvgIpc) is 3.29. The number of hydrogen-bond donors (Lipinski definition) is 2. The van der Waals surface area contributed by atoms with Crippen molar-refractivity contribution in [2.45, 2.75) is 49.5 Å². The fourth-order valence-electron chi connectivity index (χ4n) is 5.65. The first-order valence-electron chi connectivity index (χ1n) is 12.6. The van der Waals surface area contributed by atoms with Gasteiger partial charge in [0.1, 0.15) is 5.75 Å². The first kappa shape index (κ1) is 23.3. The van der Waals surface area contributed by atoms with E-state index in [0.29, 0.717) is 6.54 Å². The van der Waals surface area contributed by atoms with Crippen molar-refractivity contribution in [3.63, 3.8) is 0 Å². The van der Waals surface area contributed by atoms with Crippen LogP contribution in [0.4, 0.5) is 0 Å². The van der Waals surface area contributed by atoms with E-state index in [2.05, 4.69) is 21.3 Å². The molecule has 0 spiro atoms. The summed E-state index contributed by atoms with van der Waals surface area (Å²) in [6.07, 6.45) is 9.48. The molecule has 0 bridgehead atoms. The summed E-state index contributed by atoms with van der Waals surface area (Å²) in [5.41, 5.74) is 3.07.